The van der Waals surface area contributed by atoms with E-state index in [9.17, 15) is 0 Å². The van der Waals surface area contributed by atoms with E-state index in [1.807, 2.05) is 20.0 Å². The predicted octanol–water partition coefficient (Wildman–Crippen LogP) is 2.89. The lowest BCUT2D eigenvalue weighted by molar-refractivity contribution is -0.0746. The number of nitrogens with two attached hydrogens (primary N) is 1. The lowest BCUT2D eigenvalue weighted by Crippen LogP contribution is -2.42. The van der Waals surface area contributed by atoms with Crippen LogP contribution in [0.2, 0.25) is 0 Å². The summed E-state index contributed by atoms with van der Waals surface area (Å²) in [6.07, 6.45) is 7.68. The molecule has 2 N–H and O–H groups in total. The quantitative estimate of drug-likeness (QED) is 0.899. The van der Waals surface area contributed by atoms with Crippen molar-refractivity contribution < 1.29 is 9.47 Å². The van der Waals surface area contributed by atoms with E-state index >= 15 is 0 Å². The van der Waals surface area contributed by atoms with E-state index in [0.29, 0.717) is 13.2 Å². The van der Waals surface area contributed by atoms with Gasteiger partial charge in [-0.2, -0.15) is 0 Å². The van der Waals surface area contributed by atoms with E-state index < -0.39 is 0 Å². The lowest BCUT2D eigenvalue weighted by Gasteiger charge is -2.36. The molecule has 0 unspecified atom stereocenters. The highest BCUT2D eigenvalue weighted by Crippen LogP contribution is 2.32. The van der Waals surface area contributed by atoms with Crippen molar-refractivity contribution in [3.05, 3.63) is 23.0 Å². The number of rotatable bonds is 5. The summed E-state index contributed by atoms with van der Waals surface area (Å²) < 4.78 is 11.6. The minimum absolute atomic E-state index is 0.148. The molecule has 0 radical (unpaired) electrons. The minimum Gasteiger partial charge on any atom is -0.496 e. The topological polar surface area (TPSA) is 57.4 Å². The van der Waals surface area contributed by atoms with Crippen LogP contribution >= 0.6 is 0 Å². The van der Waals surface area contributed by atoms with Crippen LogP contribution in [-0.2, 0) is 11.3 Å². The van der Waals surface area contributed by atoms with Crippen LogP contribution in [0, 0.1) is 13.8 Å². The van der Waals surface area contributed by atoms with Gasteiger partial charge in [0.15, 0.2) is 0 Å². The maximum atomic E-state index is 6.18. The van der Waals surface area contributed by atoms with E-state index in [1.54, 1.807) is 7.11 Å². The van der Waals surface area contributed by atoms with Crippen molar-refractivity contribution in [2.45, 2.75) is 58.2 Å². The Kier molecular flexibility index (Phi) is 5.00. The summed E-state index contributed by atoms with van der Waals surface area (Å²) in [4.78, 5) is 4.49. The van der Waals surface area contributed by atoms with Crippen LogP contribution in [0.25, 0.3) is 0 Å². The summed E-state index contributed by atoms with van der Waals surface area (Å²) in [5.41, 5.74) is 8.87. The maximum Gasteiger partial charge on any atom is 0.128 e. The van der Waals surface area contributed by atoms with Crippen molar-refractivity contribution in [3.8, 4) is 5.75 Å². The van der Waals surface area contributed by atoms with Gasteiger partial charge in [-0.3, -0.25) is 4.98 Å². The molecule has 4 nitrogen and oxygen atoms in total. The van der Waals surface area contributed by atoms with E-state index in [2.05, 4.69) is 4.98 Å². The molecular formula is C16H26N2O2. The minimum atomic E-state index is -0.148. The average molecular weight is 278 g/mol. The Morgan fingerprint density at radius 3 is 2.55 bits per heavy atom. The van der Waals surface area contributed by atoms with Crippen molar-refractivity contribution in [2.24, 2.45) is 5.73 Å². The second kappa shape index (κ2) is 6.55. The second-order valence-electron chi connectivity index (χ2n) is 5.78. The molecule has 2 rings (SSSR count). The van der Waals surface area contributed by atoms with Gasteiger partial charge in [-0.15, -0.1) is 0 Å². The van der Waals surface area contributed by atoms with Gasteiger partial charge in [-0.05, 0) is 26.7 Å². The fourth-order valence-electron chi connectivity index (χ4n) is 3.04. The van der Waals surface area contributed by atoms with Crippen molar-refractivity contribution in [1.29, 1.82) is 0 Å². The summed E-state index contributed by atoms with van der Waals surface area (Å²) in [6.45, 7) is 5.15. The zero-order valence-electron chi connectivity index (χ0n) is 12.9. The molecule has 112 valence electrons. The molecule has 1 heterocycles. The molecule has 0 spiro atoms. The van der Waals surface area contributed by atoms with Gasteiger partial charge in [-0.25, -0.2) is 0 Å². The van der Waals surface area contributed by atoms with E-state index in [-0.39, 0.29) is 5.60 Å². The average Bonchev–Trinajstić information content (AvgIpc) is 2.48. The summed E-state index contributed by atoms with van der Waals surface area (Å²) in [7, 11) is 1.70. The first-order valence-electron chi connectivity index (χ1n) is 7.45. The van der Waals surface area contributed by atoms with Crippen LogP contribution < -0.4 is 10.5 Å². The first kappa shape index (κ1) is 15.3. The summed E-state index contributed by atoms with van der Waals surface area (Å²) >= 11 is 0. The van der Waals surface area contributed by atoms with Crippen molar-refractivity contribution in [3.63, 3.8) is 0 Å². The normalized spacial score (nSPS) is 18.0. The number of methoxy groups -OCH3 is 1. The van der Waals surface area contributed by atoms with Crippen LogP contribution in [0.5, 0.6) is 5.75 Å². The smallest absolute Gasteiger partial charge is 0.128 e. The highest BCUT2D eigenvalue weighted by atomic mass is 16.5. The first-order valence-corrected chi connectivity index (χ1v) is 7.45. The van der Waals surface area contributed by atoms with Gasteiger partial charge in [-0.1, -0.05) is 19.3 Å². The third kappa shape index (κ3) is 3.13. The van der Waals surface area contributed by atoms with Crippen molar-refractivity contribution in [1.82, 2.24) is 4.98 Å². The van der Waals surface area contributed by atoms with E-state index in [4.69, 9.17) is 15.2 Å². The second-order valence-corrected chi connectivity index (χ2v) is 5.78. The van der Waals surface area contributed by atoms with Gasteiger partial charge in [0.05, 0.1) is 25.0 Å². The molecule has 1 aromatic heterocycles. The molecule has 0 aromatic carbocycles. The molecule has 1 fully saturated rings. The number of pyridine rings is 1. The van der Waals surface area contributed by atoms with Gasteiger partial charge in [0.2, 0.25) is 0 Å². The molecule has 0 atom stereocenters. The zero-order chi connectivity index (χ0) is 14.6. The molecule has 1 aromatic rings. The number of aryl methyl sites for hydroxylation is 1. The molecule has 1 saturated carbocycles. The fourth-order valence-corrected chi connectivity index (χ4v) is 3.04. The molecule has 1 aliphatic rings. The Morgan fingerprint density at radius 1 is 1.25 bits per heavy atom. The molecule has 20 heavy (non-hydrogen) atoms. The van der Waals surface area contributed by atoms with Gasteiger partial charge in [0.25, 0.3) is 0 Å². The van der Waals surface area contributed by atoms with Gasteiger partial charge in [0.1, 0.15) is 5.75 Å². The SMILES string of the molecule is COc1c(C)cnc(COC2(CN)CCCCC2)c1C. The third-order valence-corrected chi connectivity index (χ3v) is 4.40. The van der Waals surface area contributed by atoms with E-state index in [0.717, 1.165) is 35.4 Å². The molecule has 0 amide bonds. The standard InChI is InChI=1S/C16H26N2O2/c1-12-9-18-14(13(2)15(12)19-3)10-20-16(11-17)7-5-4-6-8-16/h9H,4-8,10-11,17H2,1-3H3. The van der Waals surface area contributed by atoms with Gasteiger partial charge in [0, 0.05) is 23.9 Å². The van der Waals surface area contributed by atoms with Crippen LogP contribution in [-0.4, -0.2) is 24.2 Å². The number of ether oxygens (including phenoxy) is 2. The Hall–Kier alpha value is -1.13. The molecule has 0 bridgehead atoms. The predicted molar refractivity (Wildman–Crippen MR) is 79.9 cm³/mol. The third-order valence-electron chi connectivity index (χ3n) is 4.40. The van der Waals surface area contributed by atoms with Gasteiger partial charge >= 0.3 is 0 Å². The van der Waals surface area contributed by atoms with Crippen molar-refractivity contribution >= 4 is 0 Å². The molecule has 4 heteroatoms. The zero-order valence-corrected chi connectivity index (χ0v) is 12.9. The summed E-state index contributed by atoms with van der Waals surface area (Å²) in [5.74, 6) is 0.907. The summed E-state index contributed by atoms with van der Waals surface area (Å²) in [6, 6.07) is 0. The highest BCUT2D eigenvalue weighted by Gasteiger charge is 2.31. The first-order chi connectivity index (χ1) is 9.62. The van der Waals surface area contributed by atoms with Crippen LogP contribution in [0.4, 0.5) is 0 Å². The van der Waals surface area contributed by atoms with Crippen LogP contribution in [0.3, 0.4) is 0 Å². The van der Waals surface area contributed by atoms with Crippen molar-refractivity contribution in [2.75, 3.05) is 13.7 Å². The number of hydrogen-bond donors (Lipinski definition) is 1. The molecule has 0 aliphatic heterocycles. The number of aromatic nitrogens is 1. The Balaban J connectivity index is 2.10. The van der Waals surface area contributed by atoms with Crippen LogP contribution in [0.15, 0.2) is 6.20 Å². The highest BCUT2D eigenvalue weighted by molar-refractivity contribution is 5.40. The Bertz CT molecular complexity index is 454. The van der Waals surface area contributed by atoms with E-state index in [1.165, 1.54) is 19.3 Å². The number of nitrogens with zero attached hydrogens (tertiary/aromatic N) is 1. The molecule has 0 saturated heterocycles. The fraction of sp³-hybridized carbons (Fsp3) is 0.688. The summed E-state index contributed by atoms with van der Waals surface area (Å²) in [5, 5.41) is 0. The maximum absolute atomic E-state index is 6.18. The monoisotopic (exact) mass is 278 g/mol. The van der Waals surface area contributed by atoms with Gasteiger partial charge < -0.3 is 15.2 Å². The van der Waals surface area contributed by atoms with Crippen LogP contribution in [0.1, 0.15) is 48.9 Å². The Morgan fingerprint density at radius 2 is 1.95 bits per heavy atom. The number of hydrogen-bond acceptors (Lipinski definition) is 4. The lowest BCUT2D eigenvalue weighted by atomic mass is 9.84. The largest absolute Gasteiger partial charge is 0.496 e. The molecular weight excluding hydrogens is 252 g/mol. The Labute approximate surface area is 121 Å². The molecule has 1 aliphatic carbocycles.